The van der Waals surface area contributed by atoms with Gasteiger partial charge in [0.25, 0.3) is 5.91 Å². The van der Waals surface area contributed by atoms with Crippen LogP contribution in [0.4, 0.5) is 18.9 Å². The van der Waals surface area contributed by atoms with E-state index in [0.717, 1.165) is 10.8 Å². The van der Waals surface area contributed by atoms with Crippen molar-refractivity contribution in [2.75, 3.05) is 12.4 Å². The van der Waals surface area contributed by atoms with Gasteiger partial charge in [-0.05, 0) is 47.0 Å². The average molecular weight is 404 g/mol. The minimum absolute atomic E-state index is 0.113. The van der Waals surface area contributed by atoms with Crippen LogP contribution in [0, 0.1) is 0 Å². The average Bonchev–Trinajstić information content (AvgIpc) is 2.68. The largest absolute Gasteiger partial charge is 0.497 e. The number of pyridine rings is 1. The fourth-order valence-corrected chi connectivity index (χ4v) is 3.04. The summed E-state index contributed by atoms with van der Waals surface area (Å²) >= 11 is -0.381. The molecule has 3 rings (SSSR count). The molecule has 0 atom stereocenters. The molecule has 3 aromatic rings. The molecular formula is C20H15F3N2O2S. The van der Waals surface area contributed by atoms with E-state index >= 15 is 0 Å². The van der Waals surface area contributed by atoms with Crippen molar-refractivity contribution in [1.29, 1.82) is 0 Å². The molecule has 0 bridgehead atoms. The summed E-state index contributed by atoms with van der Waals surface area (Å²) in [6.07, 6.45) is 1.58. The Morgan fingerprint density at radius 3 is 2.50 bits per heavy atom. The molecule has 8 heteroatoms. The maximum atomic E-state index is 12.8. The zero-order chi connectivity index (χ0) is 20.1. The molecule has 1 heterocycles. The number of alkyl halides is 3. The monoisotopic (exact) mass is 404 g/mol. The lowest BCUT2D eigenvalue weighted by Crippen LogP contribution is -2.14. The second kappa shape index (κ2) is 8.35. The van der Waals surface area contributed by atoms with Crippen LogP contribution in [0.2, 0.25) is 0 Å². The van der Waals surface area contributed by atoms with Gasteiger partial charge >= 0.3 is 5.51 Å². The molecule has 0 unspecified atom stereocenters. The van der Waals surface area contributed by atoms with Gasteiger partial charge in [0.15, 0.2) is 0 Å². The van der Waals surface area contributed by atoms with Crippen LogP contribution in [-0.4, -0.2) is 23.5 Å². The van der Waals surface area contributed by atoms with Gasteiger partial charge in [-0.3, -0.25) is 9.78 Å². The summed E-state index contributed by atoms with van der Waals surface area (Å²) in [5, 5.41) is 4.27. The van der Waals surface area contributed by atoms with E-state index in [4.69, 9.17) is 4.74 Å². The van der Waals surface area contributed by atoms with E-state index < -0.39 is 11.4 Å². The number of anilines is 1. The molecule has 1 aromatic heterocycles. The first kappa shape index (κ1) is 19.8. The number of hydrogen-bond acceptors (Lipinski definition) is 4. The maximum Gasteiger partial charge on any atom is 0.445 e. The number of halogens is 3. The SMILES string of the molecule is COc1ccc(/C(=C/SC(F)(F)F)C(=O)Nc2cccc3cccnc23)cc1. The van der Waals surface area contributed by atoms with E-state index in [1.54, 1.807) is 36.5 Å². The molecule has 28 heavy (non-hydrogen) atoms. The van der Waals surface area contributed by atoms with Crippen LogP contribution in [-0.2, 0) is 4.79 Å². The highest BCUT2D eigenvalue weighted by Gasteiger charge is 2.28. The van der Waals surface area contributed by atoms with E-state index in [1.807, 2.05) is 12.1 Å². The molecule has 144 valence electrons. The Hall–Kier alpha value is -3.00. The number of rotatable bonds is 5. The molecule has 0 saturated heterocycles. The lowest BCUT2D eigenvalue weighted by atomic mass is 10.1. The fourth-order valence-electron chi connectivity index (χ4n) is 2.54. The van der Waals surface area contributed by atoms with Crippen molar-refractivity contribution in [2.45, 2.75) is 5.51 Å². The number of hydrogen-bond donors (Lipinski definition) is 1. The number of thioether (sulfide) groups is 1. The minimum Gasteiger partial charge on any atom is -0.497 e. The number of benzene rings is 2. The first-order valence-electron chi connectivity index (χ1n) is 8.11. The molecule has 0 aliphatic heterocycles. The van der Waals surface area contributed by atoms with Crippen molar-refractivity contribution in [3.63, 3.8) is 0 Å². The molecular weight excluding hydrogens is 389 g/mol. The van der Waals surface area contributed by atoms with Crippen LogP contribution in [0.15, 0.2) is 66.2 Å². The van der Waals surface area contributed by atoms with Gasteiger partial charge < -0.3 is 10.1 Å². The number of para-hydroxylation sites is 1. The highest BCUT2D eigenvalue weighted by Crippen LogP contribution is 2.34. The van der Waals surface area contributed by atoms with Gasteiger partial charge in [0.05, 0.1) is 23.9 Å². The van der Waals surface area contributed by atoms with Gasteiger partial charge in [0, 0.05) is 11.6 Å². The first-order chi connectivity index (χ1) is 13.4. The second-order valence-electron chi connectivity index (χ2n) is 5.66. The predicted molar refractivity (Wildman–Crippen MR) is 105 cm³/mol. The Morgan fingerprint density at radius 1 is 1.11 bits per heavy atom. The normalized spacial score (nSPS) is 12.1. The Kier molecular flexibility index (Phi) is 5.89. The third-order valence-electron chi connectivity index (χ3n) is 3.84. The number of nitrogens with one attached hydrogen (secondary N) is 1. The van der Waals surface area contributed by atoms with Crippen LogP contribution in [0.1, 0.15) is 5.56 Å². The van der Waals surface area contributed by atoms with E-state index in [1.165, 1.54) is 19.2 Å². The standard InChI is InChI=1S/C20H15F3N2O2S/c1-27-15-9-7-13(8-10-15)16(12-28-20(21,22)23)19(26)25-17-6-2-4-14-5-3-11-24-18(14)17/h2-12H,1H3,(H,25,26)/b16-12-. The zero-order valence-electron chi connectivity index (χ0n) is 14.7. The zero-order valence-corrected chi connectivity index (χ0v) is 15.5. The second-order valence-corrected chi connectivity index (χ2v) is 6.59. The van der Waals surface area contributed by atoms with Gasteiger partial charge in [-0.1, -0.05) is 30.3 Å². The number of ether oxygens (including phenoxy) is 1. The minimum atomic E-state index is -4.50. The van der Waals surface area contributed by atoms with Crippen LogP contribution in [0.25, 0.3) is 16.5 Å². The van der Waals surface area contributed by atoms with Crippen molar-refractivity contribution in [1.82, 2.24) is 4.98 Å². The first-order valence-corrected chi connectivity index (χ1v) is 8.99. The molecule has 0 aliphatic rings. The molecule has 0 radical (unpaired) electrons. The van der Waals surface area contributed by atoms with Crippen molar-refractivity contribution in [3.8, 4) is 5.75 Å². The van der Waals surface area contributed by atoms with Crippen LogP contribution in [0.5, 0.6) is 5.75 Å². The molecule has 0 fully saturated rings. The van der Waals surface area contributed by atoms with Crippen molar-refractivity contribution in [3.05, 3.63) is 71.8 Å². The summed E-state index contributed by atoms with van der Waals surface area (Å²) in [5.74, 6) is -0.134. The lowest BCUT2D eigenvalue weighted by molar-refractivity contribution is -0.111. The molecule has 0 aliphatic carbocycles. The number of carbonyl (C=O) groups is 1. The molecule has 2 aromatic carbocycles. The predicted octanol–water partition coefficient (Wildman–Crippen LogP) is 5.48. The summed E-state index contributed by atoms with van der Waals surface area (Å²) in [5.41, 5.74) is -3.31. The van der Waals surface area contributed by atoms with E-state index in [0.29, 0.717) is 22.5 Å². The molecule has 0 saturated carbocycles. The Labute approximate surface area is 163 Å². The number of nitrogens with zero attached hydrogens (tertiary/aromatic N) is 1. The molecule has 0 spiro atoms. The van der Waals surface area contributed by atoms with Gasteiger partial charge in [-0.15, -0.1) is 0 Å². The van der Waals surface area contributed by atoms with Crippen LogP contribution in [0.3, 0.4) is 0 Å². The third-order valence-corrected chi connectivity index (χ3v) is 4.46. The van der Waals surface area contributed by atoms with E-state index in [2.05, 4.69) is 10.3 Å². The van der Waals surface area contributed by atoms with E-state index in [9.17, 15) is 18.0 Å². The quantitative estimate of drug-likeness (QED) is 0.573. The molecule has 1 N–H and O–H groups in total. The topological polar surface area (TPSA) is 51.2 Å². The lowest BCUT2D eigenvalue weighted by Gasteiger charge is -2.12. The Balaban J connectivity index is 1.95. The Bertz CT molecular complexity index is 1010. The number of fused-ring (bicyclic) bond motifs is 1. The highest BCUT2D eigenvalue weighted by atomic mass is 32.2. The smallest absolute Gasteiger partial charge is 0.445 e. The summed E-state index contributed by atoms with van der Waals surface area (Å²) in [6, 6.07) is 15.0. The Morgan fingerprint density at radius 2 is 1.82 bits per heavy atom. The number of methoxy groups -OCH3 is 1. The molecule has 4 nitrogen and oxygen atoms in total. The number of carbonyl (C=O) groups excluding carboxylic acids is 1. The highest BCUT2D eigenvalue weighted by molar-refractivity contribution is 8.03. The van der Waals surface area contributed by atoms with Crippen molar-refractivity contribution in [2.24, 2.45) is 0 Å². The summed E-state index contributed by atoms with van der Waals surface area (Å²) in [6.45, 7) is 0. The van der Waals surface area contributed by atoms with E-state index in [-0.39, 0.29) is 17.3 Å². The molecule has 1 amide bonds. The number of amides is 1. The van der Waals surface area contributed by atoms with Crippen LogP contribution >= 0.6 is 11.8 Å². The van der Waals surface area contributed by atoms with Gasteiger partial charge in [0.1, 0.15) is 5.75 Å². The maximum absolute atomic E-state index is 12.8. The summed E-state index contributed by atoms with van der Waals surface area (Å²) in [7, 11) is 1.48. The van der Waals surface area contributed by atoms with Crippen molar-refractivity contribution >= 4 is 39.8 Å². The summed E-state index contributed by atoms with van der Waals surface area (Å²) in [4.78, 5) is 17.0. The van der Waals surface area contributed by atoms with Gasteiger partial charge in [-0.25, -0.2) is 0 Å². The fraction of sp³-hybridized carbons (Fsp3) is 0.100. The summed E-state index contributed by atoms with van der Waals surface area (Å²) < 4.78 is 43.2. The van der Waals surface area contributed by atoms with Crippen molar-refractivity contribution < 1.29 is 22.7 Å². The van der Waals surface area contributed by atoms with Gasteiger partial charge in [0.2, 0.25) is 0 Å². The third kappa shape index (κ3) is 4.83. The number of aromatic nitrogens is 1. The van der Waals surface area contributed by atoms with Crippen LogP contribution < -0.4 is 10.1 Å². The van der Waals surface area contributed by atoms with Gasteiger partial charge in [-0.2, -0.15) is 13.2 Å².